The van der Waals surface area contributed by atoms with Gasteiger partial charge >= 0.3 is 0 Å². The molecule has 1 aromatic carbocycles. The second-order valence-electron chi connectivity index (χ2n) is 4.62. The molecule has 2 unspecified atom stereocenters. The number of rotatable bonds is 4. The lowest BCUT2D eigenvalue weighted by molar-refractivity contribution is 0.114. The molecule has 100 valence electrons. The van der Waals surface area contributed by atoms with Crippen LogP contribution >= 0.6 is 11.6 Å². The Hall–Kier alpha value is -1.52. The molecule has 1 fully saturated rings. The van der Waals surface area contributed by atoms with Crippen LogP contribution in [0.3, 0.4) is 0 Å². The van der Waals surface area contributed by atoms with Crippen molar-refractivity contribution in [3.63, 3.8) is 0 Å². The molecule has 3 rings (SSSR count). The number of nitrogens with zero attached hydrogens (tertiary/aromatic N) is 1. The van der Waals surface area contributed by atoms with Crippen molar-refractivity contribution in [2.75, 3.05) is 13.1 Å². The molecule has 0 bridgehead atoms. The van der Waals surface area contributed by atoms with Crippen LogP contribution in [0.25, 0.3) is 0 Å². The first-order valence-electron chi connectivity index (χ1n) is 6.35. The minimum absolute atomic E-state index is 0.161. The van der Waals surface area contributed by atoms with E-state index in [-0.39, 0.29) is 6.10 Å². The maximum atomic E-state index is 6.04. The van der Waals surface area contributed by atoms with E-state index in [4.69, 9.17) is 20.8 Å². The molecule has 1 aromatic heterocycles. The van der Waals surface area contributed by atoms with Crippen LogP contribution < -0.4 is 10.1 Å². The van der Waals surface area contributed by atoms with E-state index < -0.39 is 0 Å². The summed E-state index contributed by atoms with van der Waals surface area (Å²) in [6, 6.07) is 7.36. The zero-order valence-corrected chi connectivity index (χ0v) is 11.1. The zero-order valence-electron chi connectivity index (χ0n) is 10.4. The number of hydrogen-bond donors (Lipinski definition) is 1. The number of benzene rings is 1. The topological polar surface area (TPSA) is 47.3 Å². The molecule has 4 nitrogen and oxygen atoms in total. The summed E-state index contributed by atoms with van der Waals surface area (Å²) >= 11 is 5.88. The van der Waals surface area contributed by atoms with E-state index in [1.165, 1.54) is 0 Å². The first-order valence-corrected chi connectivity index (χ1v) is 6.73. The van der Waals surface area contributed by atoms with E-state index in [1.807, 2.05) is 24.3 Å². The summed E-state index contributed by atoms with van der Waals surface area (Å²) in [6.45, 7) is 1.92. The number of ether oxygens (including phenoxy) is 1. The third-order valence-corrected chi connectivity index (χ3v) is 3.55. The van der Waals surface area contributed by atoms with Crippen molar-refractivity contribution in [3.05, 3.63) is 47.6 Å². The third-order valence-electron chi connectivity index (χ3n) is 3.30. The number of aromatic nitrogens is 1. The SMILES string of the molecule is Clc1ccc(OC(c2ncco2)C2CCNC2)cc1. The normalized spacial score (nSPS) is 20.4. The Morgan fingerprint density at radius 2 is 2.21 bits per heavy atom. The number of halogens is 1. The van der Waals surface area contributed by atoms with E-state index in [0.717, 1.165) is 25.3 Å². The fourth-order valence-corrected chi connectivity index (χ4v) is 2.44. The number of nitrogens with one attached hydrogen (secondary N) is 1. The van der Waals surface area contributed by atoms with E-state index in [1.54, 1.807) is 12.5 Å². The van der Waals surface area contributed by atoms with Gasteiger partial charge in [-0.3, -0.25) is 0 Å². The number of hydrogen-bond acceptors (Lipinski definition) is 4. The molecule has 2 aromatic rings. The maximum Gasteiger partial charge on any atom is 0.235 e. The average molecular weight is 279 g/mol. The molecule has 5 heteroatoms. The summed E-state index contributed by atoms with van der Waals surface area (Å²) in [6.07, 6.45) is 4.12. The van der Waals surface area contributed by atoms with Gasteiger partial charge in [0.15, 0.2) is 6.10 Å². The van der Waals surface area contributed by atoms with Gasteiger partial charge < -0.3 is 14.5 Å². The van der Waals surface area contributed by atoms with Crippen molar-refractivity contribution >= 4 is 11.6 Å². The van der Waals surface area contributed by atoms with Crippen molar-refractivity contribution in [2.45, 2.75) is 12.5 Å². The predicted octanol–water partition coefficient (Wildman–Crippen LogP) is 3.06. The highest BCUT2D eigenvalue weighted by Gasteiger charge is 2.31. The van der Waals surface area contributed by atoms with E-state index in [0.29, 0.717) is 16.8 Å². The van der Waals surface area contributed by atoms with Gasteiger partial charge in [-0.15, -0.1) is 0 Å². The molecule has 19 heavy (non-hydrogen) atoms. The van der Waals surface area contributed by atoms with Crippen molar-refractivity contribution in [1.82, 2.24) is 10.3 Å². The van der Waals surface area contributed by atoms with Gasteiger partial charge in [0.2, 0.25) is 5.89 Å². The summed E-state index contributed by atoms with van der Waals surface area (Å²) < 4.78 is 11.5. The molecule has 1 aliphatic heterocycles. The first-order chi connectivity index (χ1) is 9.33. The van der Waals surface area contributed by atoms with Crippen molar-refractivity contribution < 1.29 is 9.15 Å². The largest absolute Gasteiger partial charge is 0.480 e. The van der Waals surface area contributed by atoms with Crippen LogP contribution in [0.15, 0.2) is 41.1 Å². The standard InChI is InChI=1S/C14H15ClN2O2/c15-11-1-3-12(4-2-11)19-13(10-5-6-16-9-10)14-17-7-8-18-14/h1-4,7-8,10,13,16H,5-6,9H2. The Balaban J connectivity index is 1.81. The summed E-state index contributed by atoms with van der Waals surface area (Å²) in [5.41, 5.74) is 0. The van der Waals surface area contributed by atoms with Gasteiger partial charge in [-0.25, -0.2) is 4.98 Å². The molecule has 2 heterocycles. The van der Waals surface area contributed by atoms with Crippen LogP contribution in [-0.2, 0) is 0 Å². The smallest absolute Gasteiger partial charge is 0.235 e. The fraction of sp³-hybridized carbons (Fsp3) is 0.357. The van der Waals surface area contributed by atoms with Crippen LogP contribution in [-0.4, -0.2) is 18.1 Å². The highest BCUT2D eigenvalue weighted by molar-refractivity contribution is 6.30. The van der Waals surface area contributed by atoms with Gasteiger partial charge in [0.25, 0.3) is 0 Å². The Morgan fingerprint density at radius 1 is 1.37 bits per heavy atom. The minimum atomic E-state index is -0.161. The molecule has 1 N–H and O–H groups in total. The van der Waals surface area contributed by atoms with Crippen LogP contribution in [0.1, 0.15) is 18.4 Å². The van der Waals surface area contributed by atoms with E-state index >= 15 is 0 Å². The molecule has 0 spiro atoms. The Kier molecular flexibility index (Phi) is 3.71. The molecule has 1 saturated heterocycles. The molecule has 0 aliphatic carbocycles. The van der Waals surface area contributed by atoms with Crippen LogP contribution in [0.5, 0.6) is 5.75 Å². The minimum Gasteiger partial charge on any atom is -0.480 e. The zero-order chi connectivity index (χ0) is 13.1. The lowest BCUT2D eigenvalue weighted by Gasteiger charge is -2.21. The van der Waals surface area contributed by atoms with E-state index in [2.05, 4.69) is 10.3 Å². The molecule has 1 aliphatic rings. The Morgan fingerprint density at radius 3 is 2.84 bits per heavy atom. The van der Waals surface area contributed by atoms with Crippen molar-refractivity contribution in [1.29, 1.82) is 0 Å². The van der Waals surface area contributed by atoms with Crippen LogP contribution in [0.2, 0.25) is 5.02 Å². The first kappa shape index (κ1) is 12.5. The molecule has 0 radical (unpaired) electrons. The average Bonchev–Trinajstić information content (AvgIpc) is 3.11. The monoisotopic (exact) mass is 278 g/mol. The van der Waals surface area contributed by atoms with Gasteiger partial charge in [-0.05, 0) is 37.2 Å². The van der Waals surface area contributed by atoms with Crippen molar-refractivity contribution in [3.8, 4) is 5.75 Å². The molecular formula is C14H15ClN2O2. The van der Waals surface area contributed by atoms with Gasteiger partial charge in [0, 0.05) is 17.5 Å². The third kappa shape index (κ3) is 2.91. The van der Waals surface area contributed by atoms with Crippen LogP contribution in [0, 0.1) is 5.92 Å². The lowest BCUT2D eigenvalue weighted by Crippen LogP contribution is -2.21. The van der Waals surface area contributed by atoms with Gasteiger partial charge in [-0.1, -0.05) is 11.6 Å². The van der Waals surface area contributed by atoms with Gasteiger partial charge in [-0.2, -0.15) is 0 Å². The quantitative estimate of drug-likeness (QED) is 0.934. The molecule has 0 saturated carbocycles. The highest BCUT2D eigenvalue weighted by atomic mass is 35.5. The molecule has 0 amide bonds. The maximum absolute atomic E-state index is 6.04. The summed E-state index contributed by atoms with van der Waals surface area (Å²) in [5, 5.41) is 4.04. The molecular weight excluding hydrogens is 264 g/mol. The van der Waals surface area contributed by atoms with Gasteiger partial charge in [0.05, 0.1) is 6.20 Å². The van der Waals surface area contributed by atoms with Crippen LogP contribution in [0.4, 0.5) is 0 Å². The summed E-state index contributed by atoms with van der Waals surface area (Å²) in [5.74, 6) is 1.78. The predicted molar refractivity (Wildman–Crippen MR) is 72.3 cm³/mol. The summed E-state index contributed by atoms with van der Waals surface area (Å²) in [7, 11) is 0. The second-order valence-corrected chi connectivity index (χ2v) is 5.05. The van der Waals surface area contributed by atoms with E-state index in [9.17, 15) is 0 Å². The summed E-state index contributed by atoms with van der Waals surface area (Å²) in [4.78, 5) is 4.23. The number of oxazole rings is 1. The lowest BCUT2D eigenvalue weighted by atomic mass is 10.0. The van der Waals surface area contributed by atoms with Gasteiger partial charge in [0.1, 0.15) is 12.0 Å². The van der Waals surface area contributed by atoms with Crippen molar-refractivity contribution in [2.24, 2.45) is 5.92 Å². The molecule has 2 atom stereocenters. The Bertz CT molecular complexity index is 507. The Labute approximate surface area is 116 Å². The highest BCUT2D eigenvalue weighted by Crippen LogP contribution is 2.31. The second kappa shape index (κ2) is 5.63. The fourth-order valence-electron chi connectivity index (χ4n) is 2.32.